The molecule has 4 N–H and O–H groups in total. The van der Waals surface area contributed by atoms with E-state index in [2.05, 4.69) is 42.6 Å². The van der Waals surface area contributed by atoms with Gasteiger partial charge >= 0.3 is 0 Å². The van der Waals surface area contributed by atoms with Crippen LogP contribution in [-0.2, 0) is 23.1 Å². The molecule has 2 atom stereocenters. The molecule has 44 heavy (non-hydrogen) atoms. The fourth-order valence-electron chi connectivity index (χ4n) is 6.66. The summed E-state index contributed by atoms with van der Waals surface area (Å²) in [5.41, 5.74) is 4.13. The highest BCUT2D eigenvalue weighted by atomic mass is 16.2. The minimum absolute atomic E-state index is 0.0933. The number of nitrogens with one attached hydrogen (secondary N) is 4. The summed E-state index contributed by atoms with van der Waals surface area (Å²) >= 11 is 0. The van der Waals surface area contributed by atoms with Gasteiger partial charge in [-0.3, -0.25) is 14.4 Å². The van der Waals surface area contributed by atoms with Crippen LogP contribution in [0.1, 0.15) is 88.8 Å². The van der Waals surface area contributed by atoms with Crippen molar-refractivity contribution in [2.45, 2.75) is 70.4 Å². The van der Waals surface area contributed by atoms with Gasteiger partial charge in [-0.1, -0.05) is 12.1 Å². The van der Waals surface area contributed by atoms with Crippen LogP contribution in [0.25, 0.3) is 0 Å². The number of aromatic amines is 1. The van der Waals surface area contributed by atoms with Gasteiger partial charge in [0.15, 0.2) is 5.82 Å². The summed E-state index contributed by atoms with van der Waals surface area (Å²) in [4.78, 5) is 40.4. The highest BCUT2D eigenvalue weighted by Crippen LogP contribution is 2.47. The molecule has 5 rings (SSSR count). The Labute approximate surface area is 257 Å². The standard InChI is InChI=1S/C32H39N9O3/c1-4-34-29(43)23-10-12-26-21(15-23)8-9-22-16-24(30(44)35-5-2)11-13-27(22)32(26,31-37-39-40-38-31)17-20(3)36-19-28(42)41-14-6-7-25(41)18-33/h10-13,15-16,20,25,36H,4-9,14,17,19H2,1-3H3,(H,34,43)(H,35,44)(H,37,38,39,40)/t20-,25+/m1/s1. The lowest BCUT2D eigenvalue weighted by molar-refractivity contribution is -0.130. The molecule has 12 heteroatoms. The van der Waals surface area contributed by atoms with Gasteiger partial charge in [0, 0.05) is 36.8 Å². The first-order valence-corrected chi connectivity index (χ1v) is 15.3. The first-order valence-electron chi connectivity index (χ1n) is 15.3. The minimum Gasteiger partial charge on any atom is -0.352 e. The molecule has 0 saturated carbocycles. The van der Waals surface area contributed by atoms with E-state index in [-0.39, 0.29) is 36.3 Å². The summed E-state index contributed by atoms with van der Waals surface area (Å²) < 4.78 is 0. The lowest BCUT2D eigenvalue weighted by Crippen LogP contribution is -2.45. The molecule has 230 valence electrons. The molecular weight excluding hydrogens is 558 g/mol. The molecule has 2 heterocycles. The first-order chi connectivity index (χ1) is 21.3. The second-order valence-corrected chi connectivity index (χ2v) is 11.5. The number of amides is 3. The van der Waals surface area contributed by atoms with Crippen LogP contribution < -0.4 is 16.0 Å². The molecule has 1 aliphatic heterocycles. The molecule has 2 aromatic carbocycles. The molecule has 0 bridgehead atoms. The Morgan fingerprint density at radius 1 is 1.05 bits per heavy atom. The number of benzene rings is 2. The molecular formula is C32H39N9O3. The molecule has 1 saturated heterocycles. The van der Waals surface area contributed by atoms with Crippen LogP contribution in [0.5, 0.6) is 0 Å². The quantitative estimate of drug-likeness (QED) is 0.275. The number of aromatic nitrogens is 4. The van der Waals surface area contributed by atoms with E-state index in [0.717, 1.165) is 28.7 Å². The van der Waals surface area contributed by atoms with Crippen molar-refractivity contribution in [2.75, 3.05) is 26.2 Å². The van der Waals surface area contributed by atoms with Gasteiger partial charge in [0.1, 0.15) is 6.04 Å². The number of aryl methyl sites for hydroxylation is 2. The van der Waals surface area contributed by atoms with Gasteiger partial charge < -0.3 is 20.9 Å². The molecule has 0 radical (unpaired) electrons. The first kappa shape index (κ1) is 30.8. The van der Waals surface area contributed by atoms with Crippen LogP contribution in [0.4, 0.5) is 0 Å². The van der Waals surface area contributed by atoms with Gasteiger partial charge in [0.25, 0.3) is 11.8 Å². The van der Waals surface area contributed by atoms with Gasteiger partial charge in [-0.25, -0.2) is 5.10 Å². The second kappa shape index (κ2) is 13.3. The van der Waals surface area contributed by atoms with E-state index >= 15 is 0 Å². The molecule has 1 aromatic heterocycles. The predicted octanol–water partition coefficient (Wildman–Crippen LogP) is 2.01. The molecule has 12 nitrogen and oxygen atoms in total. The summed E-state index contributed by atoms with van der Waals surface area (Å²) in [6, 6.07) is 13.1. The number of H-pyrrole nitrogens is 1. The van der Waals surface area contributed by atoms with E-state index in [1.165, 1.54) is 0 Å². The Morgan fingerprint density at radius 3 is 2.18 bits per heavy atom. The molecule has 0 unspecified atom stereocenters. The summed E-state index contributed by atoms with van der Waals surface area (Å²) in [5.74, 6) is 0.140. The Balaban J connectivity index is 1.58. The second-order valence-electron chi connectivity index (χ2n) is 11.5. The van der Waals surface area contributed by atoms with Crippen LogP contribution in [0.15, 0.2) is 36.4 Å². The van der Waals surface area contributed by atoms with Crippen molar-refractivity contribution >= 4 is 17.7 Å². The van der Waals surface area contributed by atoms with E-state index in [1.54, 1.807) is 4.90 Å². The van der Waals surface area contributed by atoms with Gasteiger partial charge in [-0.15, -0.1) is 5.10 Å². The summed E-state index contributed by atoms with van der Waals surface area (Å²) in [5, 5.41) is 34.0. The van der Waals surface area contributed by atoms with E-state index in [9.17, 15) is 19.6 Å². The molecule has 3 aromatic rings. The largest absolute Gasteiger partial charge is 0.352 e. The number of carbonyl (C=O) groups is 3. The number of nitrogens with zero attached hydrogens (tertiary/aromatic N) is 5. The SMILES string of the molecule is CCNC(=O)c1ccc2c(c1)CCc1cc(C(=O)NCC)ccc1C2(C[C@@H](C)NCC(=O)N1CCC[C@H]1C#N)c1nnn[nH]1. The van der Waals surface area contributed by atoms with Crippen LogP contribution in [-0.4, -0.2) is 81.5 Å². The molecule has 2 aliphatic rings. The van der Waals surface area contributed by atoms with Crippen molar-refractivity contribution < 1.29 is 14.4 Å². The number of rotatable bonds is 10. The van der Waals surface area contributed by atoms with Gasteiger partial charge in [0.2, 0.25) is 5.91 Å². The normalized spacial score (nSPS) is 17.5. The lowest BCUT2D eigenvalue weighted by Gasteiger charge is -2.37. The van der Waals surface area contributed by atoms with Crippen LogP contribution in [0.3, 0.4) is 0 Å². The number of nitriles is 1. The third-order valence-corrected chi connectivity index (χ3v) is 8.68. The predicted molar refractivity (Wildman–Crippen MR) is 163 cm³/mol. The average Bonchev–Trinajstić information content (AvgIpc) is 3.73. The number of fused-ring (bicyclic) bond motifs is 2. The van der Waals surface area contributed by atoms with Crippen molar-refractivity contribution in [3.63, 3.8) is 0 Å². The Morgan fingerprint density at radius 2 is 1.66 bits per heavy atom. The van der Waals surface area contributed by atoms with E-state index in [0.29, 0.717) is 62.3 Å². The fraction of sp³-hybridized carbons (Fsp3) is 0.469. The average molecular weight is 598 g/mol. The zero-order valence-corrected chi connectivity index (χ0v) is 25.4. The monoisotopic (exact) mass is 597 g/mol. The third-order valence-electron chi connectivity index (χ3n) is 8.68. The summed E-state index contributed by atoms with van der Waals surface area (Å²) in [7, 11) is 0. The zero-order chi connectivity index (χ0) is 31.3. The highest BCUT2D eigenvalue weighted by molar-refractivity contribution is 5.95. The number of hydrogen-bond donors (Lipinski definition) is 4. The van der Waals surface area contributed by atoms with Crippen molar-refractivity contribution in [1.82, 2.24) is 41.5 Å². The Bertz CT molecular complexity index is 1490. The van der Waals surface area contributed by atoms with E-state index < -0.39 is 5.41 Å². The highest BCUT2D eigenvalue weighted by Gasteiger charge is 2.45. The summed E-state index contributed by atoms with van der Waals surface area (Å²) in [6.45, 7) is 7.50. The lowest BCUT2D eigenvalue weighted by atomic mass is 9.67. The smallest absolute Gasteiger partial charge is 0.251 e. The third kappa shape index (κ3) is 5.92. The van der Waals surface area contributed by atoms with Gasteiger partial charge in [-0.2, -0.15) is 5.26 Å². The van der Waals surface area contributed by atoms with Crippen molar-refractivity contribution in [3.8, 4) is 6.07 Å². The van der Waals surface area contributed by atoms with Crippen molar-refractivity contribution in [3.05, 3.63) is 75.6 Å². The topological polar surface area (TPSA) is 169 Å². The van der Waals surface area contributed by atoms with Gasteiger partial charge in [0.05, 0.1) is 18.0 Å². The number of likely N-dealkylation sites (tertiary alicyclic amines) is 1. The van der Waals surface area contributed by atoms with E-state index in [4.69, 9.17) is 0 Å². The maximum absolute atomic E-state index is 13.1. The van der Waals surface area contributed by atoms with Gasteiger partial charge in [-0.05, 0) is 110 Å². The van der Waals surface area contributed by atoms with Crippen LogP contribution >= 0.6 is 0 Å². The summed E-state index contributed by atoms with van der Waals surface area (Å²) in [6.07, 6.45) is 3.28. The minimum atomic E-state index is -0.886. The van der Waals surface area contributed by atoms with Crippen molar-refractivity contribution in [1.29, 1.82) is 5.26 Å². The maximum atomic E-state index is 13.1. The van der Waals surface area contributed by atoms with Crippen molar-refractivity contribution in [2.24, 2.45) is 0 Å². The Hall–Kier alpha value is -4.63. The number of carbonyl (C=O) groups excluding carboxylic acids is 3. The molecule has 3 amide bonds. The molecule has 1 aliphatic carbocycles. The fourth-order valence-corrected chi connectivity index (χ4v) is 6.66. The molecule has 1 fully saturated rings. The van der Waals surface area contributed by atoms with E-state index in [1.807, 2.05) is 57.2 Å². The van der Waals surface area contributed by atoms with Crippen LogP contribution in [0, 0.1) is 11.3 Å². The maximum Gasteiger partial charge on any atom is 0.251 e. The van der Waals surface area contributed by atoms with Crippen LogP contribution in [0.2, 0.25) is 0 Å². The number of tetrazole rings is 1. The zero-order valence-electron chi connectivity index (χ0n) is 25.4. The number of hydrogen-bond acceptors (Lipinski definition) is 8. The Kier molecular flexibility index (Phi) is 9.35. The molecule has 0 spiro atoms.